The molecule has 0 aliphatic carbocycles. The predicted octanol–water partition coefficient (Wildman–Crippen LogP) is 4.59. The van der Waals surface area contributed by atoms with Crippen molar-refractivity contribution in [3.8, 4) is 5.69 Å². The van der Waals surface area contributed by atoms with E-state index < -0.39 is 0 Å². The molecule has 0 aliphatic heterocycles. The SMILES string of the molecule is C=CCOCc1ccc(N=Nc2c(C)[nH]n(-c3ccccc3)c2=O)cc1. The van der Waals surface area contributed by atoms with Crippen LogP contribution in [0.25, 0.3) is 5.69 Å². The Balaban J connectivity index is 1.78. The minimum absolute atomic E-state index is 0.230. The molecular weight excluding hydrogens is 328 g/mol. The Kier molecular flexibility index (Phi) is 5.56. The van der Waals surface area contributed by atoms with Gasteiger partial charge in [-0.25, -0.2) is 4.68 Å². The van der Waals surface area contributed by atoms with Crippen molar-refractivity contribution in [3.05, 3.63) is 88.9 Å². The lowest BCUT2D eigenvalue weighted by molar-refractivity contribution is 0.149. The van der Waals surface area contributed by atoms with Gasteiger partial charge in [0.15, 0.2) is 5.69 Å². The Morgan fingerprint density at radius 2 is 1.85 bits per heavy atom. The normalized spacial score (nSPS) is 11.1. The molecule has 0 saturated heterocycles. The van der Waals surface area contributed by atoms with E-state index in [1.165, 1.54) is 4.68 Å². The van der Waals surface area contributed by atoms with Crippen molar-refractivity contribution >= 4 is 11.4 Å². The first-order chi connectivity index (χ1) is 12.7. The van der Waals surface area contributed by atoms with Crippen LogP contribution in [-0.4, -0.2) is 16.4 Å². The number of azo groups is 1. The zero-order valence-electron chi connectivity index (χ0n) is 14.6. The topological polar surface area (TPSA) is 71.7 Å². The van der Waals surface area contributed by atoms with Crippen LogP contribution in [0, 0.1) is 6.92 Å². The monoisotopic (exact) mass is 348 g/mol. The molecule has 1 heterocycles. The number of para-hydroxylation sites is 1. The van der Waals surface area contributed by atoms with Gasteiger partial charge in [-0.15, -0.1) is 11.7 Å². The van der Waals surface area contributed by atoms with Crippen molar-refractivity contribution in [2.24, 2.45) is 10.2 Å². The summed E-state index contributed by atoms with van der Waals surface area (Å²) in [7, 11) is 0. The van der Waals surface area contributed by atoms with Crippen molar-refractivity contribution in [3.63, 3.8) is 0 Å². The fraction of sp³-hybridized carbons (Fsp3) is 0.150. The number of rotatable bonds is 7. The van der Waals surface area contributed by atoms with Gasteiger partial charge in [0.2, 0.25) is 0 Å². The number of aryl methyl sites for hydroxylation is 1. The smallest absolute Gasteiger partial charge is 0.299 e. The summed E-state index contributed by atoms with van der Waals surface area (Å²) < 4.78 is 6.86. The zero-order chi connectivity index (χ0) is 18.4. The first-order valence-electron chi connectivity index (χ1n) is 8.25. The van der Waals surface area contributed by atoms with Crippen LogP contribution in [0.2, 0.25) is 0 Å². The second kappa shape index (κ2) is 8.22. The summed E-state index contributed by atoms with van der Waals surface area (Å²) >= 11 is 0. The highest BCUT2D eigenvalue weighted by Crippen LogP contribution is 2.19. The van der Waals surface area contributed by atoms with Crippen LogP contribution >= 0.6 is 0 Å². The third-order valence-electron chi connectivity index (χ3n) is 3.76. The Hall–Kier alpha value is -3.25. The van der Waals surface area contributed by atoms with Gasteiger partial charge in [-0.2, -0.15) is 5.11 Å². The van der Waals surface area contributed by atoms with Gasteiger partial charge >= 0.3 is 0 Å². The first-order valence-corrected chi connectivity index (χ1v) is 8.25. The molecule has 2 aromatic carbocycles. The van der Waals surface area contributed by atoms with Gasteiger partial charge in [-0.3, -0.25) is 9.89 Å². The molecule has 0 unspecified atom stereocenters. The van der Waals surface area contributed by atoms with Crippen molar-refractivity contribution in [2.75, 3.05) is 6.61 Å². The number of aromatic amines is 1. The van der Waals surface area contributed by atoms with E-state index >= 15 is 0 Å². The number of nitrogens with one attached hydrogen (secondary N) is 1. The lowest BCUT2D eigenvalue weighted by atomic mass is 10.2. The standard InChI is InChI=1S/C20H20N4O2/c1-3-13-26-14-16-9-11-17(12-10-16)21-22-19-15(2)23-24(20(19)25)18-7-5-4-6-8-18/h3-12,23H,1,13-14H2,2H3. The second-order valence-corrected chi connectivity index (χ2v) is 5.73. The van der Waals surface area contributed by atoms with E-state index in [1.807, 2.05) is 54.6 Å². The number of benzene rings is 2. The Bertz CT molecular complexity index is 954. The van der Waals surface area contributed by atoms with Crippen LogP contribution in [0.1, 0.15) is 11.3 Å². The molecule has 0 aliphatic rings. The molecule has 6 heteroatoms. The number of H-pyrrole nitrogens is 1. The maximum Gasteiger partial charge on any atom is 0.299 e. The Morgan fingerprint density at radius 3 is 2.54 bits per heavy atom. The van der Waals surface area contributed by atoms with Crippen molar-refractivity contribution < 1.29 is 4.74 Å². The fourth-order valence-electron chi connectivity index (χ4n) is 2.44. The van der Waals surface area contributed by atoms with Crippen LogP contribution in [0.5, 0.6) is 0 Å². The third-order valence-corrected chi connectivity index (χ3v) is 3.76. The molecule has 3 rings (SSSR count). The molecule has 0 bridgehead atoms. The van der Waals surface area contributed by atoms with E-state index in [2.05, 4.69) is 21.9 Å². The average Bonchev–Trinajstić information content (AvgIpc) is 2.96. The lowest BCUT2D eigenvalue weighted by Crippen LogP contribution is -2.13. The number of aromatic nitrogens is 2. The van der Waals surface area contributed by atoms with E-state index in [1.54, 1.807) is 13.0 Å². The minimum atomic E-state index is -0.230. The number of nitrogens with zero attached hydrogens (tertiary/aromatic N) is 3. The van der Waals surface area contributed by atoms with E-state index in [4.69, 9.17) is 4.74 Å². The molecule has 0 radical (unpaired) electrons. The van der Waals surface area contributed by atoms with Gasteiger partial charge in [0.05, 0.1) is 30.3 Å². The molecule has 0 saturated carbocycles. The third kappa shape index (κ3) is 4.04. The molecule has 0 amide bonds. The molecule has 0 spiro atoms. The van der Waals surface area contributed by atoms with Crippen molar-refractivity contribution in [2.45, 2.75) is 13.5 Å². The summed E-state index contributed by atoms with van der Waals surface area (Å²) in [4.78, 5) is 12.6. The maximum atomic E-state index is 12.6. The molecule has 1 aromatic heterocycles. The molecule has 0 fully saturated rings. The quantitative estimate of drug-likeness (QED) is 0.385. The predicted molar refractivity (Wildman–Crippen MR) is 102 cm³/mol. The molecule has 3 aromatic rings. The molecule has 1 N–H and O–H groups in total. The fourth-order valence-corrected chi connectivity index (χ4v) is 2.44. The largest absolute Gasteiger partial charge is 0.373 e. The van der Waals surface area contributed by atoms with Crippen LogP contribution in [-0.2, 0) is 11.3 Å². The van der Waals surface area contributed by atoms with E-state index in [0.29, 0.717) is 30.3 Å². The van der Waals surface area contributed by atoms with Crippen molar-refractivity contribution in [1.82, 2.24) is 9.78 Å². The zero-order valence-corrected chi connectivity index (χ0v) is 14.6. The van der Waals surface area contributed by atoms with E-state index in [9.17, 15) is 4.79 Å². The molecule has 26 heavy (non-hydrogen) atoms. The summed E-state index contributed by atoms with van der Waals surface area (Å²) in [6.45, 7) is 6.44. The molecule has 6 nitrogen and oxygen atoms in total. The number of ether oxygens (including phenoxy) is 1. The first kappa shape index (κ1) is 17.6. The Morgan fingerprint density at radius 1 is 1.12 bits per heavy atom. The van der Waals surface area contributed by atoms with Gasteiger partial charge in [-0.1, -0.05) is 36.4 Å². The highest BCUT2D eigenvalue weighted by molar-refractivity contribution is 5.44. The van der Waals surface area contributed by atoms with Gasteiger partial charge in [0.25, 0.3) is 5.56 Å². The highest BCUT2D eigenvalue weighted by atomic mass is 16.5. The highest BCUT2D eigenvalue weighted by Gasteiger charge is 2.11. The van der Waals surface area contributed by atoms with Gasteiger partial charge in [0, 0.05) is 0 Å². The van der Waals surface area contributed by atoms with Gasteiger partial charge < -0.3 is 4.74 Å². The van der Waals surface area contributed by atoms with Crippen molar-refractivity contribution in [1.29, 1.82) is 0 Å². The molecule has 0 atom stereocenters. The molecule has 132 valence electrons. The minimum Gasteiger partial charge on any atom is -0.373 e. The van der Waals surface area contributed by atoms with Crippen LogP contribution in [0.15, 0.2) is 82.3 Å². The summed E-state index contributed by atoms with van der Waals surface area (Å²) in [6.07, 6.45) is 1.71. The van der Waals surface area contributed by atoms with Gasteiger partial charge in [-0.05, 0) is 36.8 Å². The second-order valence-electron chi connectivity index (χ2n) is 5.73. The van der Waals surface area contributed by atoms with Crippen LogP contribution in [0.4, 0.5) is 11.4 Å². The average molecular weight is 348 g/mol. The summed E-state index contributed by atoms with van der Waals surface area (Å²) in [5, 5.41) is 11.3. The van der Waals surface area contributed by atoms with Crippen LogP contribution in [0.3, 0.4) is 0 Å². The number of hydrogen-bond donors (Lipinski definition) is 1. The summed E-state index contributed by atoms with van der Waals surface area (Å²) in [5.41, 5.74) is 3.20. The summed E-state index contributed by atoms with van der Waals surface area (Å²) in [6, 6.07) is 16.9. The van der Waals surface area contributed by atoms with E-state index in [-0.39, 0.29) is 5.56 Å². The number of hydrogen-bond acceptors (Lipinski definition) is 4. The maximum absolute atomic E-state index is 12.6. The van der Waals surface area contributed by atoms with Crippen LogP contribution < -0.4 is 5.56 Å². The Labute approximate surface area is 151 Å². The van der Waals surface area contributed by atoms with E-state index in [0.717, 1.165) is 11.3 Å². The lowest BCUT2D eigenvalue weighted by Gasteiger charge is -2.01. The van der Waals surface area contributed by atoms with Gasteiger partial charge in [0.1, 0.15) is 0 Å². The molecular formula is C20H20N4O2. The summed E-state index contributed by atoms with van der Waals surface area (Å²) in [5.74, 6) is 0.